The van der Waals surface area contributed by atoms with Crippen LogP contribution in [-0.4, -0.2) is 43.0 Å². The van der Waals surface area contributed by atoms with Crippen LogP contribution in [0.3, 0.4) is 0 Å². The van der Waals surface area contributed by atoms with Crippen LogP contribution >= 0.6 is 11.8 Å². The molecule has 2 aliphatic rings. The van der Waals surface area contributed by atoms with Gasteiger partial charge in [0.2, 0.25) is 5.91 Å². The van der Waals surface area contributed by atoms with E-state index in [9.17, 15) is 15.2 Å². The number of methoxy groups -OCH3 is 3. The highest BCUT2D eigenvalue weighted by atomic mass is 32.2. The number of aliphatic hydroxyl groups is 1. The van der Waals surface area contributed by atoms with E-state index >= 15 is 0 Å². The number of thioether (sulfide) groups is 1. The van der Waals surface area contributed by atoms with Crippen molar-refractivity contribution in [1.82, 2.24) is 4.90 Å². The van der Waals surface area contributed by atoms with Gasteiger partial charge in [-0.15, -0.1) is 11.8 Å². The summed E-state index contributed by atoms with van der Waals surface area (Å²) in [6.07, 6.45) is 0.0305. The second-order valence-electron chi connectivity index (χ2n) is 7.24. The Bertz CT molecular complexity index is 1110. The minimum absolute atomic E-state index is 0.0305. The van der Waals surface area contributed by atoms with Gasteiger partial charge in [-0.3, -0.25) is 9.69 Å². The number of rotatable bonds is 5. The summed E-state index contributed by atoms with van der Waals surface area (Å²) >= 11 is 1.30. The van der Waals surface area contributed by atoms with Gasteiger partial charge in [0.1, 0.15) is 5.75 Å². The molecule has 1 fully saturated rings. The molecule has 2 aromatic carbocycles. The summed E-state index contributed by atoms with van der Waals surface area (Å²) in [7, 11) is 4.62. The van der Waals surface area contributed by atoms with Crippen molar-refractivity contribution >= 4 is 17.7 Å². The maximum absolute atomic E-state index is 13.3. The van der Waals surface area contributed by atoms with Crippen LogP contribution in [0.2, 0.25) is 0 Å². The van der Waals surface area contributed by atoms with Crippen molar-refractivity contribution in [3.05, 3.63) is 64.2 Å². The van der Waals surface area contributed by atoms with E-state index in [0.29, 0.717) is 39.0 Å². The van der Waals surface area contributed by atoms with Crippen LogP contribution in [0, 0.1) is 11.3 Å². The van der Waals surface area contributed by atoms with Crippen molar-refractivity contribution in [3.8, 4) is 23.3 Å². The molecule has 0 spiro atoms. The number of allylic oxidation sites excluding steroid dienone is 1. The van der Waals surface area contributed by atoms with Gasteiger partial charge in [-0.2, -0.15) is 5.26 Å². The third-order valence-electron chi connectivity index (χ3n) is 5.65. The fraction of sp³-hybridized carbons (Fsp3) is 0.304. The first kappa shape index (κ1) is 21.1. The molecule has 160 valence electrons. The van der Waals surface area contributed by atoms with Crippen molar-refractivity contribution in [2.75, 3.05) is 27.1 Å². The molecule has 2 unspecified atom stereocenters. The van der Waals surface area contributed by atoms with E-state index in [1.807, 2.05) is 12.1 Å². The third-order valence-corrected chi connectivity index (χ3v) is 6.87. The van der Waals surface area contributed by atoms with Crippen molar-refractivity contribution < 1.29 is 24.1 Å². The number of nitrogens with zero attached hydrogens (tertiary/aromatic N) is 2. The molecule has 4 rings (SSSR count). The van der Waals surface area contributed by atoms with Gasteiger partial charge in [-0.05, 0) is 18.2 Å². The minimum atomic E-state index is -1.56. The van der Waals surface area contributed by atoms with E-state index in [4.69, 9.17) is 14.2 Å². The monoisotopic (exact) mass is 438 g/mol. The molecule has 1 saturated heterocycles. The molecule has 0 saturated carbocycles. The zero-order chi connectivity index (χ0) is 22.2. The van der Waals surface area contributed by atoms with Gasteiger partial charge in [0.05, 0.1) is 43.8 Å². The van der Waals surface area contributed by atoms with Crippen LogP contribution in [0.5, 0.6) is 17.2 Å². The summed E-state index contributed by atoms with van der Waals surface area (Å²) in [5.41, 5.74) is 0.112. The minimum Gasteiger partial charge on any atom is -0.497 e. The van der Waals surface area contributed by atoms with Crippen molar-refractivity contribution in [2.45, 2.75) is 18.1 Å². The van der Waals surface area contributed by atoms with Crippen LogP contribution in [0.25, 0.3) is 0 Å². The molecule has 1 amide bonds. The molecule has 2 atom stereocenters. The average molecular weight is 439 g/mol. The largest absolute Gasteiger partial charge is 0.497 e. The smallest absolute Gasteiger partial charge is 0.231 e. The van der Waals surface area contributed by atoms with E-state index in [1.165, 1.54) is 23.8 Å². The van der Waals surface area contributed by atoms with Gasteiger partial charge in [0.15, 0.2) is 17.2 Å². The SMILES string of the molecule is COc1cccc(C2(O)CSC3=C(C#N)C(c4cccc(OC)c4OC)CC(=O)N32)c1. The molecule has 2 heterocycles. The number of ether oxygens (including phenoxy) is 3. The zero-order valence-electron chi connectivity index (χ0n) is 17.4. The summed E-state index contributed by atoms with van der Waals surface area (Å²) in [4.78, 5) is 14.7. The van der Waals surface area contributed by atoms with Gasteiger partial charge in [0.25, 0.3) is 0 Å². The van der Waals surface area contributed by atoms with E-state index in [1.54, 1.807) is 44.6 Å². The lowest BCUT2D eigenvalue weighted by molar-refractivity contribution is -0.149. The highest BCUT2D eigenvalue weighted by Gasteiger charge is 2.52. The highest BCUT2D eigenvalue weighted by molar-refractivity contribution is 8.03. The normalized spacial score (nSPS) is 22.7. The number of carbonyl (C=O) groups is 1. The number of fused-ring (bicyclic) bond motifs is 1. The topological polar surface area (TPSA) is 92.0 Å². The average Bonchev–Trinajstić information content (AvgIpc) is 3.17. The van der Waals surface area contributed by atoms with Crippen LogP contribution in [0.4, 0.5) is 0 Å². The lowest BCUT2D eigenvalue weighted by Gasteiger charge is -2.38. The first-order valence-electron chi connectivity index (χ1n) is 9.66. The molecule has 0 radical (unpaired) electrons. The number of nitriles is 1. The Hall–Kier alpha value is -3.15. The van der Waals surface area contributed by atoms with Crippen LogP contribution in [-0.2, 0) is 10.5 Å². The number of para-hydroxylation sites is 1. The van der Waals surface area contributed by atoms with Crippen LogP contribution in [0.1, 0.15) is 23.5 Å². The Kier molecular flexibility index (Phi) is 5.56. The molecule has 8 heteroatoms. The summed E-state index contributed by atoms with van der Waals surface area (Å²) in [5.74, 6) is 1.07. The van der Waals surface area contributed by atoms with Crippen molar-refractivity contribution in [1.29, 1.82) is 5.26 Å². The van der Waals surface area contributed by atoms with E-state index in [-0.39, 0.29) is 18.1 Å². The van der Waals surface area contributed by atoms with Crippen molar-refractivity contribution in [2.24, 2.45) is 0 Å². The Morgan fingerprint density at radius 3 is 2.61 bits per heavy atom. The Balaban J connectivity index is 1.83. The highest BCUT2D eigenvalue weighted by Crippen LogP contribution is 2.53. The first-order valence-corrected chi connectivity index (χ1v) is 10.6. The summed E-state index contributed by atoms with van der Waals surface area (Å²) in [6.45, 7) is 0. The second-order valence-corrected chi connectivity index (χ2v) is 8.20. The molecule has 2 aromatic rings. The standard InChI is InChI=1S/C23H22N2O5S/c1-28-15-7-4-6-14(10-15)23(27)13-31-22-18(12-24)17(11-20(26)25(22)23)16-8-5-9-19(29-2)21(16)30-3/h4-10,17,27H,11,13H2,1-3H3. The second kappa shape index (κ2) is 8.17. The fourth-order valence-corrected chi connectivity index (χ4v) is 5.52. The number of benzene rings is 2. The zero-order valence-corrected chi connectivity index (χ0v) is 18.2. The quantitative estimate of drug-likeness (QED) is 0.765. The maximum atomic E-state index is 13.3. The predicted molar refractivity (Wildman–Crippen MR) is 116 cm³/mol. The molecule has 0 aliphatic carbocycles. The molecular formula is C23H22N2O5S. The van der Waals surface area contributed by atoms with Gasteiger partial charge < -0.3 is 19.3 Å². The van der Waals surface area contributed by atoms with E-state index in [2.05, 4.69) is 6.07 Å². The van der Waals surface area contributed by atoms with E-state index < -0.39 is 11.6 Å². The van der Waals surface area contributed by atoms with Gasteiger partial charge in [-0.1, -0.05) is 24.3 Å². The summed E-state index contributed by atoms with van der Waals surface area (Å²) in [6, 6.07) is 14.7. The number of amides is 1. The Morgan fingerprint density at radius 1 is 1.16 bits per heavy atom. The molecular weight excluding hydrogens is 416 g/mol. The summed E-state index contributed by atoms with van der Waals surface area (Å²) in [5, 5.41) is 22.0. The van der Waals surface area contributed by atoms with Crippen molar-refractivity contribution in [3.63, 3.8) is 0 Å². The van der Waals surface area contributed by atoms with Gasteiger partial charge >= 0.3 is 0 Å². The molecule has 31 heavy (non-hydrogen) atoms. The molecule has 7 nitrogen and oxygen atoms in total. The Morgan fingerprint density at radius 2 is 1.94 bits per heavy atom. The lowest BCUT2D eigenvalue weighted by atomic mass is 9.84. The van der Waals surface area contributed by atoms with Crippen LogP contribution in [0.15, 0.2) is 53.1 Å². The lowest BCUT2D eigenvalue weighted by Crippen LogP contribution is -2.48. The molecule has 2 aliphatic heterocycles. The molecule has 1 N–H and O–H groups in total. The van der Waals surface area contributed by atoms with Gasteiger partial charge in [0, 0.05) is 23.5 Å². The number of hydrogen-bond donors (Lipinski definition) is 1. The Labute approximate surface area is 184 Å². The molecule has 0 bridgehead atoms. The van der Waals surface area contributed by atoms with Crippen LogP contribution < -0.4 is 14.2 Å². The maximum Gasteiger partial charge on any atom is 0.231 e. The number of hydrogen-bond acceptors (Lipinski definition) is 7. The van der Waals surface area contributed by atoms with E-state index in [0.717, 1.165) is 0 Å². The fourth-order valence-electron chi connectivity index (χ4n) is 4.16. The van der Waals surface area contributed by atoms with Gasteiger partial charge in [-0.25, -0.2) is 0 Å². The molecule has 0 aromatic heterocycles. The summed E-state index contributed by atoms with van der Waals surface area (Å²) < 4.78 is 16.2. The number of carbonyl (C=O) groups excluding carboxylic acids is 1. The first-order chi connectivity index (χ1) is 15.0. The third kappa shape index (κ3) is 3.30. The predicted octanol–water partition coefficient (Wildman–Crippen LogP) is 3.36.